The Kier molecular flexibility index (Phi) is 6.01. The van der Waals surface area contributed by atoms with Crippen LogP contribution in [-0.4, -0.2) is 38.0 Å². The number of rotatable bonds is 6. The Labute approximate surface area is 158 Å². The molecule has 0 aromatic heterocycles. The molecule has 138 valence electrons. The zero-order valence-electron chi connectivity index (χ0n) is 14.6. The second-order valence-electron chi connectivity index (χ2n) is 6.23. The van der Waals surface area contributed by atoms with Gasteiger partial charge in [-0.15, -0.1) is 0 Å². The van der Waals surface area contributed by atoms with Crippen LogP contribution < -0.4 is 5.32 Å². The molecule has 3 rings (SSSR count). The van der Waals surface area contributed by atoms with Crippen LogP contribution in [0.2, 0.25) is 0 Å². The topological polar surface area (TPSA) is 66.5 Å². The average molecular weight is 391 g/mol. The summed E-state index contributed by atoms with van der Waals surface area (Å²) in [5.74, 6) is 0.591. The molecule has 7 heteroatoms. The van der Waals surface area contributed by atoms with Crippen molar-refractivity contribution < 1.29 is 13.2 Å². The molecule has 0 unspecified atom stereocenters. The number of carbonyl (C=O) groups is 1. The summed E-state index contributed by atoms with van der Waals surface area (Å²) < 4.78 is 26.8. The number of carbonyl (C=O) groups excluding carboxylic acids is 1. The van der Waals surface area contributed by atoms with E-state index in [4.69, 9.17) is 0 Å². The lowest BCUT2D eigenvalue weighted by Gasteiger charge is -2.16. The molecule has 0 radical (unpaired) electrons. The highest BCUT2D eigenvalue weighted by molar-refractivity contribution is 7.97. The average Bonchev–Trinajstić information content (AvgIpc) is 3.18. The van der Waals surface area contributed by atoms with Crippen LogP contribution >= 0.6 is 11.8 Å². The largest absolute Gasteiger partial charge is 0.322 e. The fraction of sp³-hybridized carbons (Fsp3) is 0.316. The lowest BCUT2D eigenvalue weighted by atomic mass is 10.1. The zero-order valence-corrected chi connectivity index (χ0v) is 16.3. The molecule has 1 aliphatic heterocycles. The number of nitrogens with one attached hydrogen (secondary N) is 1. The number of thioether (sulfide) groups is 1. The predicted octanol–water partition coefficient (Wildman–Crippen LogP) is 3.59. The molecule has 0 atom stereocenters. The van der Waals surface area contributed by atoms with Crippen molar-refractivity contribution in [3.63, 3.8) is 0 Å². The van der Waals surface area contributed by atoms with E-state index in [1.54, 1.807) is 36.0 Å². The summed E-state index contributed by atoms with van der Waals surface area (Å²) in [6, 6.07) is 13.9. The maximum Gasteiger partial charge on any atom is 0.255 e. The third kappa shape index (κ3) is 4.28. The smallest absolute Gasteiger partial charge is 0.255 e. The van der Waals surface area contributed by atoms with Crippen LogP contribution in [0.25, 0.3) is 0 Å². The van der Waals surface area contributed by atoms with Gasteiger partial charge in [-0.2, -0.15) is 16.1 Å². The quantitative estimate of drug-likeness (QED) is 0.819. The number of hydrogen-bond acceptors (Lipinski definition) is 4. The Balaban J connectivity index is 1.78. The minimum Gasteiger partial charge on any atom is -0.322 e. The predicted molar refractivity (Wildman–Crippen MR) is 106 cm³/mol. The van der Waals surface area contributed by atoms with Crippen LogP contribution in [0.4, 0.5) is 5.69 Å². The van der Waals surface area contributed by atoms with E-state index < -0.39 is 10.0 Å². The number of benzene rings is 2. The molecule has 0 saturated carbocycles. The molecule has 1 N–H and O–H groups in total. The molecule has 0 aliphatic carbocycles. The van der Waals surface area contributed by atoms with Crippen LogP contribution in [0.3, 0.4) is 0 Å². The van der Waals surface area contributed by atoms with Gasteiger partial charge in [-0.05, 0) is 55.0 Å². The molecular weight excluding hydrogens is 368 g/mol. The van der Waals surface area contributed by atoms with E-state index in [2.05, 4.69) is 5.32 Å². The van der Waals surface area contributed by atoms with Gasteiger partial charge in [0.15, 0.2) is 0 Å². The summed E-state index contributed by atoms with van der Waals surface area (Å²) in [5, 5.41) is 2.80. The Morgan fingerprint density at radius 2 is 1.85 bits per heavy atom. The number of sulfonamides is 1. The van der Waals surface area contributed by atoms with Gasteiger partial charge in [0.1, 0.15) is 0 Å². The molecule has 26 heavy (non-hydrogen) atoms. The van der Waals surface area contributed by atoms with E-state index in [1.807, 2.05) is 24.5 Å². The van der Waals surface area contributed by atoms with E-state index in [9.17, 15) is 13.2 Å². The maximum absolute atomic E-state index is 12.7. The van der Waals surface area contributed by atoms with Crippen LogP contribution in [0, 0.1) is 0 Å². The van der Waals surface area contributed by atoms with Crippen molar-refractivity contribution >= 4 is 33.4 Å². The molecule has 1 aliphatic rings. The van der Waals surface area contributed by atoms with Crippen molar-refractivity contribution in [2.24, 2.45) is 0 Å². The van der Waals surface area contributed by atoms with Crippen LogP contribution in [0.1, 0.15) is 28.8 Å². The van der Waals surface area contributed by atoms with Crippen molar-refractivity contribution in [1.82, 2.24) is 4.31 Å². The molecule has 2 aromatic carbocycles. The van der Waals surface area contributed by atoms with Gasteiger partial charge in [-0.25, -0.2) is 8.42 Å². The number of hydrogen-bond donors (Lipinski definition) is 1. The molecule has 1 heterocycles. The molecule has 1 amide bonds. The summed E-state index contributed by atoms with van der Waals surface area (Å²) in [4.78, 5) is 12.7. The minimum absolute atomic E-state index is 0.216. The first-order valence-corrected chi connectivity index (χ1v) is 11.3. The fourth-order valence-corrected chi connectivity index (χ4v) is 5.06. The van der Waals surface area contributed by atoms with E-state index in [0.29, 0.717) is 24.3 Å². The molecular formula is C19H22N2O3S2. The molecule has 0 bridgehead atoms. The number of anilines is 1. The standard InChI is InChI=1S/C19H22N2O3S2/c1-25-14-15-6-4-7-16(12-15)19(22)20-17-8-5-9-18(13-17)26(23,24)21-10-2-3-11-21/h4-9,12-13H,2-3,10-11,14H2,1H3,(H,20,22). The van der Waals surface area contributed by atoms with Crippen molar-refractivity contribution in [1.29, 1.82) is 0 Å². The van der Waals surface area contributed by atoms with Crippen molar-refractivity contribution in [2.45, 2.75) is 23.5 Å². The minimum atomic E-state index is -3.50. The highest BCUT2D eigenvalue weighted by Crippen LogP contribution is 2.23. The molecule has 2 aromatic rings. The summed E-state index contributed by atoms with van der Waals surface area (Å²) in [7, 11) is -3.50. The molecule has 1 saturated heterocycles. The summed E-state index contributed by atoms with van der Waals surface area (Å²) >= 11 is 1.69. The second-order valence-corrected chi connectivity index (χ2v) is 9.03. The maximum atomic E-state index is 12.7. The second kappa shape index (κ2) is 8.24. The first-order valence-electron chi connectivity index (χ1n) is 8.50. The van der Waals surface area contributed by atoms with Gasteiger partial charge < -0.3 is 5.32 Å². The highest BCUT2D eigenvalue weighted by Gasteiger charge is 2.27. The number of amides is 1. The van der Waals surface area contributed by atoms with Crippen molar-refractivity contribution in [3.8, 4) is 0 Å². The number of nitrogens with zero attached hydrogens (tertiary/aromatic N) is 1. The van der Waals surface area contributed by atoms with Crippen LogP contribution in [0.15, 0.2) is 53.4 Å². The van der Waals surface area contributed by atoms with Gasteiger partial charge in [0.2, 0.25) is 10.0 Å². The lowest BCUT2D eigenvalue weighted by Crippen LogP contribution is -2.27. The molecule has 1 fully saturated rings. The zero-order chi connectivity index (χ0) is 18.6. The Morgan fingerprint density at radius 1 is 1.12 bits per heavy atom. The van der Waals surface area contributed by atoms with E-state index in [1.165, 1.54) is 10.4 Å². The highest BCUT2D eigenvalue weighted by atomic mass is 32.2. The van der Waals surface area contributed by atoms with Gasteiger partial charge in [0, 0.05) is 30.1 Å². The first kappa shape index (κ1) is 18.9. The van der Waals surface area contributed by atoms with E-state index >= 15 is 0 Å². The van der Waals surface area contributed by atoms with Crippen molar-refractivity contribution in [3.05, 3.63) is 59.7 Å². The third-order valence-electron chi connectivity index (χ3n) is 4.29. The summed E-state index contributed by atoms with van der Waals surface area (Å²) in [6.45, 7) is 1.11. The summed E-state index contributed by atoms with van der Waals surface area (Å²) in [6.07, 6.45) is 3.79. The fourth-order valence-electron chi connectivity index (χ4n) is 2.98. The Hall–Kier alpha value is -1.83. The lowest BCUT2D eigenvalue weighted by molar-refractivity contribution is 0.102. The van der Waals surface area contributed by atoms with Crippen LogP contribution in [-0.2, 0) is 15.8 Å². The van der Waals surface area contributed by atoms with Gasteiger partial charge in [-0.1, -0.05) is 18.2 Å². The van der Waals surface area contributed by atoms with Gasteiger partial charge in [0.05, 0.1) is 4.90 Å². The normalized spacial score (nSPS) is 15.1. The third-order valence-corrected chi connectivity index (χ3v) is 6.81. The SMILES string of the molecule is CSCc1cccc(C(=O)Nc2cccc(S(=O)(=O)N3CCCC3)c2)c1. The monoisotopic (exact) mass is 390 g/mol. The van der Waals surface area contributed by atoms with E-state index in [0.717, 1.165) is 24.2 Å². The molecule has 5 nitrogen and oxygen atoms in total. The Bertz CT molecular complexity index is 891. The van der Waals surface area contributed by atoms with E-state index in [-0.39, 0.29) is 10.8 Å². The van der Waals surface area contributed by atoms with Gasteiger partial charge in [-0.3, -0.25) is 4.79 Å². The summed E-state index contributed by atoms with van der Waals surface area (Å²) in [5.41, 5.74) is 2.12. The van der Waals surface area contributed by atoms with Gasteiger partial charge >= 0.3 is 0 Å². The van der Waals surface area contributed by atoms with Crippen molar-refractivity contribution in [2.75, 3.05) is 24.7 Å². The van der Waals surface area contributed by atoms with Gasteiger partial charge in [0.25, 0.3) is 5.91 Å². The molecule has 0 spiro atoms. The Morgan fingerprint density at radius 3 is 2.58 bits per heavy atom. The first-order chi connectivity index (χ1) is 12.5. The van der Waals surface area contributed by atoms with Crippen LogP contribution in [0.5, 0.6) is 0 Å².